The molecule has 0 bridgehead atoms. The first-order valence-electron chi connectivity index (χ1n) is 6.62. The summed E-state index contributed by atoms with van der Waals surface area (Å²) in [5.74, 6) is 0.497. The van der Waals surface area contributed by atoms with Crippen LogP contribution in [0.5, 0.6) is 0 Å². The molecule has 1 N–H and O–H groups in total. The zero-order valence-corrected chi connectivity index (χ0v) is 11.3. The van der Waals surface area contributed by atoms with Crippen molar-refractivity contribution in [1.29, 1.82) is 0 Å². The second-order valence-electron chi connectivity index (χ2n) is 4.94. The molecular formula is C13H25NO3. The van der Waals surface area contributed by atoms with Crippen molar-refractivity contribution < 1.29 is 14.3 Å². The van der Waals surface area contributed by atoms with Crippen LogP contribution in [0, 0.1) is 5.92 Å². The maximum absolute atomic E-state index is 11.9. The zero-order valence-electron chi connectivity index (χ0n) is 11.3. The van der Waals surface area contributed by atoms with Crippen LogP contribution in [-0.4, -0.2) is 37.9 Å². The SMILES string of the molecule is CCCNC(C)(COCC1CC1)C(=O)OCC. The number of nitrogens with one attached hydrogen (secondary N) is 1. The number of esters is 1. The second-order valence-corrected chi connectivity index (χ2v) is 4.94. The summed E-state index contributed by atoms with van der Waals surface area (Å²) in [4.78, 5) is 11.9. The number of carbonyl (C=O) groups excluding carboxylic acids is 1. The molecule has 0 amide bonds. The first-order chi connectivity index (χ1) is 8.12. The summed E-state index contributed by atoms with van der Waals surface area (Å²) in [6.07, 6.45) is 3.51. The Morgan fingerprint density at radius 3 is 2.65 bits per heavy atom. The second kappa shape index (κ2) is 6.97. The highest BCUT2D eigenvalue weighted by molar-refractivity contribution is 5.80. The summed E-state index contributed by atoms with van der Waals surface area (Å²) in [6, 6.07) is 0. The molecule has 1 aliphatic carbocycles. The molecular weight excluding hydrogens is 218 g/mol. The van der Waals surface area contributed by atoms with E-state index >= 15 is 0 Å². The van der Waals surface area contributed by atoms with Gasteiger partial charge in [0, 0.05) is 6.61 Å². The summed E-state index contributed by atoms with van der Waals surface area (Å²) in [6.45, 7) is 8.11. The minimum absolute atomic E-state index is 0.218. The highest BCUT2D eigenvalue weighted by Crippen LogP contribution is 2.29. The molecule has 4 nitrogen and oxygen atoms in total. The van der Waals surface area contributed by atoms with Crippen molar-refractivity contribution in [3.05, 3.63) is 0 Å². The van der Waals surface area contributed by atoms with Crippen molar-refractivity contribution >= 4 is 5.97 Å². The quantitative estimate of drug-likeness (QED) is 0.627. The molecule has 1 saturated carbocycles. The van der Waals surface area contributed by atoms with E-state index < -0.39 is 5.54 Å². The monoisotopic (exact) mass is 243 g/mol. The molecule has 0 heterocycles. The van der Waals surface area contributed by atoms with Crippen LogP contribution in [0.25, 0.3) is 0 Å². The molecule has 0 radical (unpaired) electrons. The van der Waals surface area contributed by atoms with Gasteiger partial charge in [0.15, 0.2) is 0 Å². The summed E-state index contributed by atoms with van der Waals surface area (Å²) in [7, 11) is 0. The van der Waals surface area contributed by atoms with Gasteiger partial charge in [-0.05, 0) is 45.6 Å². The predicted molar refractivity (Wildman–Crippen MR) is 66.9 cm³/mol. The largest absolute Gasteiger partial charge is 0.465 e. The maximum Gasteiger partial charge on any atom is 0.328 e. The van der Waals surface area contributed by atoms with E-state index in [1.165, 1.54) is 12.8 Å². The van der Waals surface area contributed by atoms with Crippen molar-refractivity contribution in [2.24, 2.45) is 5.92 Å². The van der Waals surface area contributed by atoms with E-state index in [0.717, 1.165) is 19.6 Å². The van der Waals surface area contributed by atoms with E-state index in [0.29, 0.717) is 19.1 Å². The van der Waals surface area contributed by atoms with Gasteiger partial charge < -0.3 is 14.8 Å². The van der Waals surface area contributed by atoms with Crippen LogP contribution >= 0.6 is 0 Å². The first kappa shape index (κ1) is 14.5. The van der Waals surface area contributed by atoms with Gasteiger partial charge in [0.2, 0.25) is 0 Å². The molecule has 0 aromatic rings. The lowest BCUT2D eigenvalue weighted by molar-refractivity contribution is -0.153. The summed E-state index contributed by atoms with van der Waals surface area (Å²) >= 11 is 0. The summed E-state index contributed by atoms with van der Waals surface area (Å²) < 4.78 is 10.7. The third kappa shape index (κ3) is 5.04. The van der Waals surface area contributed by atoms with E-state index in [1.807, 2.05) is 13.8 Å². The van der Waals surface area contributed by atoms with Crippen LogP contribution in [-0.2, 0) is 14.3 Å². The molecule has 1 atom stereocenters. The Kier molecular flexibility index (Phi) is 5.92. The van der Waals surface area contributed by atoms with Gasteiger partial charge in [0.1, 0.15) is 5.54 Å². The lowest BCUT2D eigenvalue weighted by Crippen LogP contribution is -2.54. The van der Waals surface area contributed by atoms with E-state index in [2.05, 4.69) is 12.2 Å². The van der Waals surface area contributed by atoms with E-state index in [1.54, 1.807) is 0 Å². The molecule has 0 saturated heterocycles. The van der Waals surface area contributed by atoms with Gasteiger partial charge in [0.25, 0.3) is 0 Å². The van der Waals surface area contributed by atoms with Crippen molar-refractivity contribution in [1.82, 2.24) is 5.32 Å². The number of ether oxygens (including phenoxy) is 2. The maximum atomic E-state index is 11.9. The van der Waals surface area contributed by atoms with Crippen LogP contribution in [0.1, 0.15) is 40.0 Å². The topological polar surface area (TPSA) is 47.6 Å². The van der Waals surface area contributed by atoms with Crippen molar-refractivity contribution in [3.8, 4) is 0 Å². The molecule has 0 aromatic heterocycles. The number of carbonyl (C=O) groups is 1. The molecule has 0 spiro atoms. The van der Waals surface area contributed by atoms with Gasteiger partial charge in [-0.15, -0.1) is 0 Å². The fourth-order valence-electron chi connectivity index (χ4n) is 1.59. The summed E-state index contributed by atoms with van der Waals surface area (Å²) in [5, 5.41) is 3.22. The number of rotatable bonds is 9. The Labute approximate surface area is 104 Å². The third-order valence-corrected chi connectivity index (χ3v) is 2.93. The fourth-order valence-corrected chi connectivity index (χ4v) is 1.59. The lowest BCUT2D eigenvalue weighted by Gasteiger charge is -2.28. The van der Waals surface area contributed by atoms with E-state index in [-0.39, 0.29) is 5.97 Å². The standard InChI is InChI=1S/C13H25NO3/c1-4-8-14-13(3,12(15)17-5-2)10-16-9-11-6-7-11/h11,14H,4-10H2,1-3H3. The third-order valence-electron chi connectivity index (χ3n) is 2.93. The average Bonchev–Trinajstić information content (AvgIpc) is 3.11. The van der Waals surface area contributed by atoms with Gasteiger partial charge in [0.05, 0.1) is 13.2 Å². The lowest BCUT2D eigenvalue weighted by atomic mass is 10.0. The molecule has 1 unspecified atom stereocenters. The highest BCUT2D eigenvalue weighted by atomic mass is 16.5. The molecule has 17 heavy (non-hydrogen) atoms. The number of hydrogen-bond acceptors (Lipinski definition) is 4. The van der Waals surface area contributed by atoms with Crippen LogP contribution in [0.3, 0.4) is 0 Å². The zero-order chi connectivity index (χ0) is 12.7. The van der Waals surface area contributed by atoms with Gasteiger partial charge in [-0.3, -0.25) is 0 Å². The summed E-state index contributed by atoms with van der Waals surface area (Å²) in [5.41, 5.74) is -0.707. The van der Waals surface area contributed by atoms with Crippen molar-refractivity contribution in [2.45, 2.75) is 45.6 Å². The van der Waals surface area contributed by atoms with Crippen molar-refractivity contribution in [3.63, 3.8) is 0 Å². The molecule has 1 rings (SSSR count). The van der Waals surface area contributed by atoms with Gasteiger partial charge in [-0.25, -0.2) is 4.79 Å². The molecule has 100 valence electrons. The van der Waals surface area contributed by atoms with Crippen molar-refractivity contribution in [2.75, 3.05) is 26.4 Å². The van der Waals surface area contributed by atoms with Crippen LogP contribution in [0.2, 0.25) is 0 Å². The molecule has 0 aliphatic heterocycles. The highest BCUT2D eigenvalue weighted by Gasteiger charge is 2.35. The van der Waals surface area contributed by atoms with Gasteiger partial charge in [-0.2, -0.15) is 0 Å². The van der Waals surface area contributed by atoms with E-state index in [9.17, 15) is 4.79 Å². The average molecular weight is 243 g/mol. The minimum atomic E-state index is -0.707. The smallest absolute Gasteiger partial charge is 0.328 e. The fraction of sp³-hybridized carbons (Fsp3) is 0.923. The predicted octanol–water partition coefficient (Wildman–Crippen LogP) is 1.73. The normalized spacial score (nSPS) is 18.8. The first-order valence-corrected chi connectivity index (χ1v) is 6.62. The Balaban J connectivity index is 2.39. The van der Waals surface area contributed by atoms with Gasteiger partial charge >= 0.3 is 5.97 Å². The Bertz CT molecular complexity index is 241. The molecule has 4 heteroatoms. The molecule has 1 fully saturated rings. The Morgan fingerprint density at radius 1 is 1.41 bits per heavy atom. The number of hydrogen-bond donors (Lipinski definition) is 1. The van der Waals surface area contributed by atoms with Crippen LogP contribution < -0.4 is 5.32 Å². The van der Waals surface area contributed by atoms with Crippen LogP contribution in [0.15, 0.2) is 0 Å². The molecule has 0 aromatic carbocycles. The van der Waals surface area contributed by atoms with Gasteiger partial charge in [-0.1, -0.05) is 6.92 Å². The Morgan fingerprint density at radius 2 is 2.12 bits per heavy atom. The Hall–Kier alpha value is -0.610. The van der Waals surface area contributed by atoms with Crippen LogP contribution in [0.4, 0.5) is 0 Å². The van der Waals surface area contributed by atoms with E-state index in [4.69, 9.17) is 9.47 Å². The minimum Gasteiger partial charge on any atom is -0.465 e. The molecule has 1 aliphatic rings.